The lowest BCUT2D eigenvalue weighted by Crippen LogP contribution is -2.25. The number of hydrogen-bond acceptors (Lipinski definition) is 2. The zero-order valence-corrected chi connectivity index (χ0v) is 25.9. The van der Waals surface area contributed by atoms with Gasteiger partial charge in [-0.05, 0) is 83.1 Å². The van der Waals surface area contributed by atoms with Gasteiger partial charge in [-0.3, -0.25) is 0 Å². The fourth-order valence-electron chi connectivity index (χ4n) is 5.33. The summed E-state index contributed by atoms with van der Waals surface area (Å²) in [6, 6.07) is 14.1. The van der Waals surface area contributed by atoms with E-state index in [1.54, 1.807) is 18.2 Å². The number of alkyl halides is 5. The minimum atomic E-state index is -5.30. The molecular formula is C37H25F11O2. The van der Waals surface area contributed by atoms with Crippen molar-refractivity contribution in [1.29, 1.82) is 0 Å². The van der Waals surface area contributed by atoms with E-state index in [1.165, 1.54) is 18.2 Å². The molecule has 0 atom stereocenters. The van der Waals surface area contributed by atoms with E-state index < -0.39 is 75.6 Å². The van der Waals surface area contributed by atoms with Gasteiger partial charge in [0, 0.05) is 11.6 Å². The number of hydrogen-bond donors (Lipinski definition) is 0. The second-order valence-electron chi connectivity index (χ2n) is 11.2. The molecule has 0 aliphatic carbocycles. The Hall–Kier alpha value is -5.07. The Kier molecular flexibility index (Phi) is 10.4. The molecule has 0 unspecified atom stereocenters. The molecule has 5 aromatic rings. The first kappa shape index (κ1) is 36.2. The van der Waals surface area contributed by atoms with Gasteiger partial charge in [-0.15, -0.1) is 13.2 Å². The minimum Gasteiger partial charge on any atom is -0.429 e. The lowest BCUT2D eigenvalue weighted by Gasteiger charge is -2.20. The Morgan fingerprint density at radius 1 is 0.520 bits per heavy atom. The van der Waals surface area contributed by atoms with Crippen molar-refractivity contribution in [3.05, 3.63) is 131 Å². The van der Waals surface area contributed by atoms with Crippen LogP contribution in [-0.2, 0) is 12.5 Å². The number of benzene rings is 5. The van der Waals surface area contributed by atoms with E-state index in [-0.39, 0.29) is 23.8 Å². The predicted octanol–water partition coefficient (Wildman–Crippen LogP) is 12.3. The van der Waals surface area contributed by atoms with Gasteiger partial charge in [0.1, 0.15) is 40.4 Å². The van der Waals surface area contributed by atoms with Gasteiger partial charge in [-0.1, -0.05) is 56.2 Å². The Morgan fingerprint density at radius 3 is 1.68 bits per heavy atom. The van der Waals surface area contributed by atoms with Crippen molar-refractivity contribution in [3.63, 3.8) is 0 Å². The van der Waals surface area contributed by atoms with Crippen molar-refractivity contribution in [2.45, 2.75) is 45.1 Å². The van der Waals surface area contributed by atoms with Crippen LogP contribution < -0.4 is 9.47 Å². The second-order valence-corrected chi connectivity index (χ2v) is 11.2. The molecule has 0 aliphatic rings. The first-order chi connectivity index (χ1) is 23.6. The molecule has 2 nitrogen and oxygen atoms in total. The lowest BCUT2D eigenvalue weighted by molar-refractivity contribution is -0.275. The van der Waals surface area contributed by atoms with E-state index in [9.17, 15) is 39.5 Å². The smallest absolute Gasteiger partial charge is 0.429 e. The van der Waals surface area contributed by atoms with Crippen LogP contribution in [0.5, 0.6) is 11.5 Å². The summed E-state index contributed by atoms with van der Waals surface area (Å²) in [4.78, 5) is 0. The van der Waals surface area contributed by atoms with Crippen LogP contribution in [0.15, 0.2) is 84.9 Å². The molecule has 5 rings (SSSR count). The summed E-state index contributed by atoms with van der Waals surface area (Å²) in [6.45, 7) is 2.07. The van der Waals surface area contributed by atoms with E-state index in [4.69, 9.17) is 0 Å². The van der Waals surface area contributed by atoms with E-state index >= 15 is 8.78 Å². The van der Waals surface area contributed by atoms with Crippen LogP contribution >= 0.6 is 0 Å². The van der Waals surface area contributed by atoms with Crippen LogP contribution in [0.1, 0.15) is 37.3 Å². The van der Waals surface area contributed by atoms with Crippen LogP contribution in [0.3, 0.4) is 0 Å². The van der Waals surface area contributed by atoms with Crippen molar-refractivity contribution in [1.82, 2.24) is 0 Å². The molecule has 0 aromatic heterocycles. The number of unbranched alkanes of at least 4 members (excludes halogenated alkanes) is 2. The average molecular weight is 711 g/mol. The summed E-state index contributed by atoms with van der Waals surface area (Å²) in [5, 5.41) is 0. The molecule has 0 heterocycles. The van der Waals surface area contributed by atoms with Gasteiger partial charge in [-0.2, -0.15) is 8.78 Å². The summed E-state index contributed by atoms with van der Waals surface area (Å²) in [6.07, 6.45) is -6.41. The van der Waals surface area contributed by atoms with Crippen molar-refractivity contribution in [2.24, 2.45) is 0 Å². The number of rotatable bonds is 11. The maximum absolute atomic E-state index is 15.3. The van der Waals surface area contributed by atoms with E-state index in [0.717, 1.165) is 43.4 Å². The number of halogens is 11. The van der Waals surface area contributed by atoms with Crippen LogP contribution in [-0.4, -0.2) is 6.36 Å². The maximum atomic E-state index is 15.3. The van der Waals surface area contributed by atoms with E-state index in [0.29, 0.717) is 28.8 Å². The Bertz CT molecular complexity index is 1960. The summed E-state index contributed by atoms with van der Waals surface area (Å²) in [5.74, 6) is -11.3. The highest BCUT2D eigenvalue weighted by Gasteiger charge is 2.42. The minimum absolute atomic E-state index is 0.0124. The summed E-state index contributed by atoms with van der Waals surface area (Å²) in [5.41, 5.74) is -1.72. The third-order valence-electron chi connectivity index (χ3n) is 7.67. The van der Waals surface area contributed by atoms with Gasteiger partial charge >= 0.3 is 12.5 Å². The molecule has 0 radical (unpaired) electrons. The number of ether oxygens (including phenoxy) is 2. The van der Waals surface area contributed by atoms with Crippen LogP contribution in [0.2, 0.25) is 0 Å². The van der Waals surface area contributed by atoms with Gasteiger partial charge in [0.25, 0.3) is 0 Å². The van der Waals surface area contributed by atoms with Crippen molar-refractivity contribution >= 4 is 0 Å². The largest absolute Gasteiger partial charge is 0.573 e. The van der Waals surface area contributed by atoms with Crippen molar-refractivity contribution < 1.29 is 57.8 Å². The molecule has 0 saturated heterocycles. The fraction of sp³-hybridized carbons (Fsp3) is 0.189. The molecule has 5 aromatic carbocycles. The zero-order chi connectivity index (χ0) is 36.4. The molecule has 0 bridgehead atoms. The highest BCUT2D eigenvalue weighted by Crippen LogP contribution is 2.40. The Balaban J connectivity index is 1.37. The molecule has 0 amide bonds. The van der Waals surface area contributed by atoms with Crippen LogP contribution in [0, 0.1) is 34.9 Å². The van der Waals surface area contributed by atoms with E-state index in [1.807, 2.05) is 6.07 Å². The molecule has 13 heteroatoms. The molecule has 0 fully saturated rings. The van der Waals surface area contributed by atoms with Crippen LogP contribution in [0.25, 0.3) is 33.4 Å². The summed E-state index contributed by atoms with van der Waals surface area (Å²) < 4.78 is 163. The topological polar surface area (TPSA) is 18.5 Å². The van der Waals surface area contributed by atoms with Crippen molar-refractivity contribution in [3.8, 4) is 44.9 Å². The second kappa shape index (κ2) is 14.4. The molecule has 0 N–H and O–H groups in total. The zero-order valence-electron chi connectivity index (χ0n) is 25.9. The first-order valence-corrected chi connectivity index (χ1v) is 15.1. The molecule has 262 valence electrons. The fourth-order valence-corrected chi connectivity index (χ4v) is 5.33. The predicted molar refractivity (Wildman–Crippen MR) is 163 cm³/mol. The average Bonchev–Trinajstić information content (AvgIpc) is 3.01. The molecule has 0 aliphatic heterocycles. The molecule has 0 saturated carbocycles. The van der Waals surface area contributed by atoms with Gasteiger partial charge < -0.3 is 9.47 Å². The first-order valence-electron chi connectivity index (χ1n) is 15.1. The van der Waals surface area contributed by atoms with Gasteiger partial charge in [0.15, 0.2) is 11.6 Å². The molecule has 0 spiro atoms. The molecule has 50 heavy (non-hydrogen) atoms. The van der Waals surface area contributed by atoms with E-state index in [2.05, 4.69) is 16.4 Å². The summed E-state index contributed by atoms with van der Waals surface area (Å²) >= 11 is 0. The monoisotopic (exact) mass is 710 g/mol. The highest BCUT2D eigenvalue weighted by atomic mass is 19.4. The van der Waals surface area contributed by atoms with Gasteiger partial charge in [-0.25, -0.2) is 26.3 Å². The van der Waals surface area contributed by atoms with Gasteiger partial charge in [0.2, 0.25) is 0 Å². The third kappa shape index (κ3) is 8.20. The maximum Gasteiger partial charge on any atom is 0.573 e. The lowest BCUT2D eigenvalue weighted by atomic mass is 9.95. The number of aryl methyl sites for hydroxylation is 1. The summed E-state index contributed by atoms with van der Waals surface area (Å²) in [7, 11) is 0. The molecular weight excluding hydrogens is 685 g/mol. The normalized spacial score (nSPS) is 11.9. The Labute approximate surface area is 278 Å². The van der Waals surface area contributed by atoms with Gasteiger partial charge in [0.05, 0.1) is 5.56 Å². The third-order valence-corrected chi connectivity index (χ3v) is 7.67. The quantitative estimate of drug-likeness (QED) is 0.100. The van der Waals surface area contributed by atoms with Crippen LogP contribution in [0.4, 0.5) is 48.3 Å². The highest BCUT2D eigenvalue weighted by molar-refractivity contribution is 5.74. The standard InChI is InChI=1S/C37H25F11O2/c1-2-3-4-5-20-6-12-26(27(38)14-20)22-9-7-21(8-10-22)23-15-29(40)34(30(41)16-23)24-17-31(42)35(32(43)18-24)36(44,45)49-25-11-13-33(28(39)19-25)50-37(46,47)48/h6-19H,2-5H2,1H3. The van der Waals surface area contributed by atoms with Crippen molar-refractivity contribution in [2.75, 3.05) is 0 Å². The SMILES string of the molecule is CCCCCc1ccc(-c2ccc(-c3cc(F)c(-c4cc(F)c(C(F)(F)Oc5ccc(OC(F)(F)F)c(F)c5)c(F)c4)c(F)c3)cc2)c(F)c1. The Morgan fingerprint density at radius 2 is 1.12 bits per heavy atom.